The van der Waals surface area contributed by atoms with Gasteiger partial charge in [-0.2, -0.15) is 0 Å². The summed E-state index contributed by atoms with van der Waals surface area (Å²) < 4.78 is 18.8. The van der Waals surface area contributed by atoms with Gasteiger partial charge in [-0.3, -0.25) is 4.79 Å². The van der Waals surface area contributed by atoms with Crippen LogP contribution in [0.3, 0.4) is 0 Å². The minimum atomic E-state index is -0.532. The van der Waals surface area contributed by atoms with E-state index in [9.17, 15) is 14.3 Å². The molecule has 8 heteroatoms. The molecular weight excluding hydrogens is 303 g/mol. The molecule has 1 aromatic heterocycles. The fraction of sp³-hybridized carbons (Fsp3) is 0.600. The first-order chi connectivity index (χ1) is 11.1. The summed E-state index contributed by atoms with van der Waals surface area (Å²) in [5.74, 6) is -0.368. The Kier molecular flexibility index (Phi) is 4.74. The number of nitrogens with zero attached hydrogens (tertiary/aromatic N) is 3. The van der Waals surface area contributed by atoms with E-state index in [1.807, 2.05) is 0 Å². The highest BCUT2D eigenvalue weighted by atomic mass is 19.1. The molecule has 2 aliphatic rings. The Balaban J connectivity index is 1.71. The van der Waals surface area contributed by atoms with Crippen molar-refractivity contribution in [2.45, 2.75) is 25.0 Å². The van der Waals surface area contributed by atoms with Gasteiger partial charge in [-0.25, -0.2) is 9.37 Å². The molecule has 3 rings (SSSR count). The number of rotatable bonds is 4. The van der Waals surface area contributed by atoms with E-state index in [-0.39, 0.29) is 25.1 Å². The standard InChI is InChI=1S/C15H21FN4O3/c16-10-5-13-15(18-7-10)23-9-14(22)20(13)11-1-3-19(4-2-11)8-12(21)6-17/h5,7,11-12,21H,1-4,6,8-9,17H2. The zero-order chi connectivity index (χ0) is 16.4. The molecule has 1 amide bonds. The second-order valence-electron chi connectivity index (χ2n) is 5.95. The van der Waals surface area contributed by atoms with Crippen LogP contribution in [-0.2, 0) is 4.79 Å². The van der Waals surface area contributed by atoms with E-state index in [1.54, 1.807) is 4.90 Å². The van der Waals surface area contributed by atoms with Crippen molar-refractivity contribution in [3.8, 4) is 5.88 Å². The molecule has 0 saturated carbocycles. The predicted molar refractivity (Wildman–Crippen MR) is 81.7 cm³/mol. The summed E-state index contributed by atoms with van der Waals surface area (Å²) >= 11 is 0. The highest BCUT2D eigenvalue weighted by Gasteiger charge is 2.34. The van der Waals surface area contributed by atoms with Crippen LogP contribution in [0.25, 0.3) is 0 Å². The van der Waals surface area contributed by atoms with Gasteiger partial charge in [0, 0.05) is 38.3 Å². The number of aromatic nitrogens is 1. The van der Waals surface area contributed by atoms with Crippen LogP contribution in [0, 0.1) is 5.82 Å². The summed E-state index contributed by atoms with van der Waals surface area (Å²) in [7, 11) is 0. The lowest BCUT2D eigenvalue weighted by Crippen LogP contribution is -2.52. The Morgan fingerprint density at radius 3 is 2.91 bits per heavy atom. The number of fused-ring (bicyclic) bond motifs is 1. The van der Waals surface area contributed by atoms with Gasteiger partial charge in [0.2, 0.25) is 5.88 Å². The van der Waals surface area contributed by atoms with E-state index in [0.29, 0.717) is 18.1 Å². The Labute approximate surface area is 133 Å². The number of halogens is 1. The number of likely N-dealkylation sites (tertiary alicyclic amines) is 1. The number of ether oxygens (including phenoxy) is 1. The van der Waals surface area contributed by atoms with Gasteiger partial charge in [-0.15, -0.1) is 0 Å². The number of piperidine rings is 1. The third kappa shape index (κ3) is 3.44. The number of carbonyl (C=O) groups excluding carboxylic acids is 1. The van der Waals surface area contributed by atoms with E-state index in [2.05, 4.69) is 9.88 Å². The normalized spacial score (nSPS) is 21.0. The van der Waals surface area contributed by atoms with Crippen molar-refractivity contribution in [3.05, 3.63) is 18.1 Å². The highest BCUT2D eigenvalue weighted by molar-refractivity contribution is 5.97. The molecule has 1 aromatic rings. The summed E-state index contributed by atoms with van der Waals surface area (Å²) in [6.07, 6.45) is 2.05. The molecule has 0 aromatic carbocycles. The van der Waals surface area contributed by atoms with Gasteiger partial charge in [0.15, 0.2) is 6.61 Å². The molecule has 0 bridgehead atoms. The number of anilines is 1. The van der Waals surface area contributed by atoms with Gasteiger partial charge >= 0.3 is 0 Å². The summed E-state index contributed by atoms with van der Waals surface area (Å²) in [5.41, 5.74) is 5.84. The second-order valence-corrected chi connectivity index (χ2v) is 5.95. The van der Waals surface area contributed by atoms with Crippen molar-refractivity contribution >= 4 is 11.6 Å². The average molecular weight is 324 g/mol. The molecule has 7 nitrogen and oxygen atoms in total. The van der Waals surface area contributed by atoms with Crippen molar-refractivity contribution in [2.24, 2.45) is 5.73 Å². The van der Waals surface area contributed by atoms with Crippen LogP contribution in [0.5, 0.6) is 5.88 Å². The zero-order valence-electron chi connectivity index (χ0n) is 12.8. The number of β-amino-alcohol motifs (C(OH)–C–C–N with tert-alkyl or cyclic N) is 1. The maximum absolute atomic E-state index is 13.5. The van der Waals surface area contributed by atoms with Gasteiger partial charge in [-0.05, 0) is 12.8 Å². The number of hydrogen-bond acceptors (Lipinski definition) is 6. The molecule has 1 saturated heterocycles. The molecule has 2 aliphatic heterocycles. The molecule has 23 heavy (non-hydrogen) atoms. The van der Waals surface area contributed by atoms with Crippen LogP contribution in [0.4, 0.5) is 10.1 Å². The lowest BCUT2D eigenvalue weighted by Gasteiger charge is -2.40. The lowest BCUT2D eigenvalue weighted by atomic mass is 10.0. The Bertz CT molecular complexity index is 578. The number of nitrogens with two attached hydrogens (primary N) is 1. The minimum absolute atomic E-state index is 0.0139. The Hall–Kier alpha value is -1.77. The zero-order valence-corrected chi connectivity index (χ0v) is 12.8. The summed E-state index contributed by atoms with van der Waals surface area (Å²) in [5, 5.41) is 9.63. The molecule has 3 N–H and O–H groups in total. The van der Waals surface area contributed by atoms with Gasteiger partial charge < -0.3 is 25.4 Å². The molecule has 1 fully saturated rings. The Morgan fingerprint density at radius 1 is 1.48 bits per heavy atom. The van der Waals surface area contributed by atoms with Crippen LogP contribution in [-0.4, -0.2) is 65.8 Å². The van der Waals surface area contributed by atoms with E-state index in [4.69, 9.17) is 10.5 Å². The monoisotopic (exact) mass is 324 g/mol. The SMILES string of the molecule is NCC(O)CN1CCC(N2C(=O)COc3ncc(F)cc32)CC1. The number of carbonyl (C=O) groups is 1. The van der Waals surface area contributed by atoms with Crippen molar-refractivity contribution < 1.29 is 19.0 Å². The van der Waals surface area contributed by atoms with Crippen molar-refractivity contribution in [1.29, 1.82) is 0 Å². The molecule has 1 unspecified atom stereocenters. The molecular formula is C15H21FN4O3. The molecule has 0 aliphatic carbocycles. The maximum atomic E-state index is 13.5. The van der Waals surface area contributed by atoms with E-state index in [0.717, 1.165) is 32.1 Å². The second kappa shape index (κ2) is 6.77. The van der Waals surface area contributed by atoms with Crippen LogP contribution >= 0.6 is 0 Å². The van der Waals surface area contributed by atoms with E-state index in [1.165, 1.54) is 6.07 Å². The molecule has 126 valence electrons. The van der Waals surface area contributed by atoms with Gasteiger partial charge in [0.1, 0.15) is 11.5 Å². The van der Waals surface area contributed by atoms with Crippen LogP contribution in [0.15, 0.2) is 12.3 Å². The number of aliphatic hydroxyl groups is 1. The number of aliphatic hydroxyl groups excluding tert-OH is 1. The van der Waals surface area contributed by atoms with Crippen molar-refractivity contribution in [2.75, 3.05) is 37.7 Å². The maximum Gasteiger partial charge on any atom is 0.265 e. The minimum Gasteiger partial charge on any atom is -0.466 e. The van der Waals surface area contributed by atoms with Crippen molar-refractivity contribution in [3.63, 3.8) is 0 Å². The molecule has 0 radical (unpaired) electrons. The fourth-order valence-corrected chi connectivity index (χ4v) is 3.17. The summed E-state index contributed by atoms with van der Waals surface area (Å²) in [6, 6.07) is 1.28. The van der Waals surface area contributed by atoms with Gasteiger partial charge in [0.25, 0.3) is 5.91 Å². The lowest BCUT2D eigenvalue weighted by molar-refractivity contribution is -0.122. The van der Waals surface area contributed by atoms with Crippen LogP contribution in [0.2, 0.25) is 0 Å². The first-order valence-corrected chi connectivity index (χ1v) is 7.79. The van der Waals surface area contributed by atoms with Crippen molar-refractivity contribution in [1.82, 2.24) is 9.88 Å². The number of pyridine rings is 1. The Morgan fingerprint density at radius 2 is 2.22 bits per heavy atom. The number of hydrogen-bond donors (Lipinski definition) is 2. The highest BCUT2D eigenvalue weighted by Crippen LogP contribution is 2.34. The van der Waals surface area contributed by atoms with Crippen LogP contribution in [0.1, 0.15) is 12.8 Å². The predicted octanol–water partition coefficient (Wildman–Crippen LogP) is -0.270. The smallest absolute Gasteiger partial charge is 0.265 e. The van der Waals surface area contributed by atoms with E-state index < -0.39 is 11.9 Å². The van der Waals surface area contributed by atoms with Gasteiger partial charge in [-0.1, -0.05) is 0 Å². The third-order valence-corrected chi connectivity index (χ3v) is 4.32. The first kappa shape index (κ1) is 16.1. The molecule has 3 heterocycles. The first-order valence-electron chi connectivity index (χ1n) is 7.79. The van der Waals surface area contributed by atoms with Crippen LogP contribution < -0.4 is 15.4 Å². The topological polar surface area (TPSA) is 91.9 Å². The average Bonchev–Trinajstić information content (AvgIpc) is 2.55. The summed E-state index contributed by atoms with van der Waals surface area (Å²) in [6.45, 7) is 2.21. The van der Waals surface area contributed by atoms with Gasteiger partial charge in [0.05, 0.1) is 12.3 Å². The molecule has 1 atom stereocenters. The molecule has 0 spiro atoms. The largest absolute Gasteiger partial charge is 0.466 e. The summed E-state index contributed by atoms with van der Waals surface area (Å²) in [4.78, 5) is 19.9. The third-order valence-electron chi connectivity index (χ3n) is 4.32. The number of amides is 1. The quantitative estimate of drug-likeness (QED) is 0.792. The van der Waals surface area contributed by atoms with E-state index >= 15 is 0 Å². The fourth-order valence-electron chi connectivity index (χ4n) is 3.17.